The largest absolute Gasteiger partial charge is 0.549 e. The minimum absolute atomic E-state index is 0.0758. The van der Waals surface area contributed by atoms with Gasteiger partial charge in [-0.2, -0.15) is 0 Å². The van der Waals surface area contributed by atoms with Crippen LogP contribution in [-0.4, -0.2) is 16.0 Å². The number of halogens is 1. The van der Waals surface area contributed by atoms with E-state index in [4.69, 9.17) is 4.43 Å². The number of aldehydes is 1. The molecule has 0 radical (unpaired) electrons. The third-order valence-electron chi connectivity index (χ3n) is 2.66. The van der Waals surface area contributed by atoms with Crippen LogP contribution in [0.2, 0.25) is 5.04 Å². The lowest BCUT2D eigenvalue weighted by molar-refractivity contribution is 0.112. The van der Waals surface area contributed by atoms with Gasteiger partial charge in [0, 0.05) is 6.07 Å². The molecule has 0 atom stereocenters. The Morgan fingerprint density at radius 3 is 2.71 bits per heavy atom. The Labute approximate surface area is 104 Å². The molecule has 0 saturated heterocycles. The molecule has 0 aromatic heterocycles. The molecule has 0 aliphatic carbocycles. The zero-order valence-corrected chi connectivity index (χ0v) is 12.0. The van der Waals surface area contributed by atoms with E-state index in [1.165, 1.54) is 12.1 Å². The van der Waals surface area contributed by atoms with Crippen molar-refractivity contribution in [2.45, 2.75) is 38.7 Å². The number of carbonyl (C=O) groups is 1. The molecule has 1 rings (SSSR count). The molecule has 0 spiro atoms. The Hall–Kier alpha value is -1.16. The van der Waals surface area contributed by atoms with E-state index < -0.39 is 15.6 Å². The van der Waals surface area contributed by atoms with E-state index in [-0.39, 0.29) is 10.6 Å². The molecule has 1 aromatic carbocycles. The maximum atomic E-state index is 13.3. The third-order valence-corrected chi connectivity index (χ3v) is 4.27. The van der Waals surface area contributed by atoms with E-state index in [0.717, 1.165) is 12.8 Å². The fraction of sp³-hybridized carbons (Fsp3) is 0.462. The summed E-state index contributed by atoms with van der Waals surface area (Å²) in [7, 11) is -0.760. The van der Waals surface area contributed by atoms with Crippen molar-refractivity contribution in [2.75, 3.05) is 0 Å². The normalized spacial score (nSPS) is 12.0. The highest BCUT2D eigenvalue weighted by Gasteiger charge is 2.19. The topological polar surface area (TPSA) is 26.3 Å². The van der Waals surface area contributed by atoms with Gasteiger partial charge in [-0.3, -0.25) is 4.79 Å². The first kappa shape index (κ1) is 13.9. The highest BCUT2D eigenvalue weighted by Crippen LogP contribution is 2.29. The van der Waals surface area contributed by atoms with Crippen molar-refractivity contribution in [3.05, 3.63) is 29.6 Å². The highest BCUT2D eigenvalue weighted by molar-refractivity contribution is 6.33. The average molecular weight is 254 g/mol. The molecule has 0 N–H and O–H groups in total. The summed E-state index contributed by atoms with van der Waals surface area (Å²) in [5.41, 5.74) is 0.0758. The van der Waals surface area contributed by atoms with Gasteiger partial charge in [-0.05, 0) is 23.6 Å². The summed E-state index contributed by atoms with van der Waals surface area (Å²) < 4.78 is 19.0. The lowest BCUT2D eigenvalue weighted by Crippen LogP contribution is -2.18. The van der Waals surface area contributed by atoms with Gasteiger partial charge in [-0.15, -0.1) is 0 Å². The molecule has 0 heterocycles. The van der Waals surface area contributed by atoms with Gasteiger partial charge in [-0.25, -0.2) is 4.39 Å². The maximum Gasteiger partial charge on any atom is 0.225 e. The first-order valence-electron chi connectivity index (χ1n) is 5.86. The molecule has 0 unspecified atom stereocenters. The van der Waals surface area contributed by atoms with E-state index in [0.29, 0.717) is 12.0 Å². The van der Waals surface area contributed by atoms with Gasteiger partial charge < -0.3 is 4.43 Å². The molecule has 2 nitrogen and oxygen atoms in total. The molecular weight excluding hydrogens is 235 g/mol. The Kier molecular flexibility index (Phi) is 4.87. The van der Waals surface area contributed by atoms with Crippen molar-refractivity contribution < 1.29 is 13.6 Å². The first-order valence-corrected chi connectivity index (χ1v) is 7.14. The van der Waals surface area contributed by atoms with Crippen molar-refractivity contribution in [3.63, 3.8) is 0 Å². The second-order valence-electron chi connectivity index (χ2n) is 5.00. The first-order chi connectivity index (χ1) is 7.98. The van der Waals surface area contributed by atoms with Crippen LogP contribution in [0, 0.1) is 5.82 Å². The van der Waals surface area contributed by atoms with Gasteiger partial charge in [0.1, 0.15) is 11.6 Å². The monoisotopic (exact) mass is 254 g/mol. The predicted molar refractivity (Wildman–Crippen MR) is 69.9 cm³/mol. The number of hydrogen-bond acceptors (Lipinski definition) is 2. The van der Waals surface area contributed by atoms with Crippen LogP contribution in [0.1, 0.15) is 44.0 Å². The van der Waals surface area contributed by atoms with E-state index in [1.54, 1.807) is 6.07 Å². The molecule has 0 amide bonds. The third kappa shape index (κ3) is 4.30. The lowest BCUT2D eigenvalue weighted by Gasteiger charge is -2.23. The van der Waals surface area contributed by atoms with Gasteiger partial charge in [0.15, 0.2) is 6.29 Å². The van der Waals surface area contributed by atoms with Gasteiger partial charge >= 0.3 is 0 Å². The Morgan fingerprint density at radius 2 is 2.18 bits per heavy atom. The molecule has 0 fully saturated rings. The summed E-state index contributed by atoms with van der Waals surface area (Å²) in [6.45, 7) is 6.51. The fourth-order valence-corrected chi connectivity index (χ4v) is 2.96. The summed E-state index contributed by atoms with van der Waals surface area (Å²) in [6, 6.07) is 4.40. The average Bonchev–Trinajstić information content (AvgIpc) is 2.27. The number of benzene rings is 1. The van der Waals surface area contributed by atoms with E-state index >= 15 is 0 Å². The molecule has 4 heteroatoms. The van der Waals surface area contributed by atoms with Crippen molar-refractivity contribution in [3.8, 4) is 5.75 Å². The van der Waals surface area contributed by atoms with Crippen LogP contribution in [0.25, 0.3) is 0 Å². The SMILES string of the molecule is CCCC(C)(C)[SiH2]Oc1ccc(C=O)c(F)c1. The molecule has 0 aliphatic heterocycles. The van der Waals surface area contributed by atoms with Crippen LogP contribution < -0.4 is 4.43 Å². The molecule has 0 saturated carbocycles. The fourth-order valence-electron chi connectivity index (χ4n) is 1.72. The second-order valence-corrected chi connectivity index (χ2v) is 7.50. The quantitative estimate of drug-likeness (QED) is 0.576. The Bertz CT molecular complexity index is 391. The Morgan fingerprint density at radius 1 is 1.47 bits per heavy atom. The van der Waals surface area contributed by atoms with E-state index in [2.05, 4.69) is 20.8 Å². The molecule has 0 aliphatic rings. The van der Waals surface area contributed by atoms with Crippen molar-refractivity contribution in [1.82, 2.24) is 0 Å². The minimum atomic E-state index is -0.760. The molecular formula is C13H19FO2Si. The minimum Gasteiger partial charge on any atom is -0.549 e. The summed E-state index contributed by atoms with van der Waals surface area (Å²) >= 11 is 0. The van der Waals surface area contributed by atoms with Gasteiger partial charge in [0.2, 0.25) is 9.76 Å². The molecule has 94 valence electrons. The smallest absolute Gasteiger partial charge is 0.225 e. The maximum absolute atomic E-state index is 13.3. The van der Waals surface area contributed by atoms with Crippen LogP contribution in [0.15, 0.2) is 18.2 Å². The van der Waals surface area contributed by atoms with Gasteiger partial charge in [0.05, 0.1) is 5.56 Å². The lowest BCUT2D eigenvalue weighted by atomic mass is 10.1. The van der Waals surface area contributed by atoms with Gasteiger partial charge in [-0.1, -0.05) is 27.2 Å². The van der Waals surface area contributed by atoms with E-state index in [1.807, 2.05) is 0 Å². The summed E-state index contributed by atoms with van der Waals surface area (Å²) in [5.74, 6) is 0.0174. The summed E-state index contributed by atoms with van der Waals surface area (Å²) in [4.78, 5) is 10.5. The number of rotatable bonds is 6. The van der Waals surface area contributed by atoms with E-state index in [9.17, 15) is 9.18 Å². The Balaban J connectivity index is 2.64. The van der Waals surface area contributed by atoms with Crippen LogP contribution in [0.4, 0.5) is 4.39 Å². The van der Waals surface area contributed by atoms with Crippen molar-refractivity contribution in [2.24, 2.45) is 0 Å². The van der Waals surface area contributed by atoms with Crippen molar-refractivity contribution >= 4 is 16.0 Å². The van der Waals surface area contributed by atoms with Crippen LogP contribution >= 0.6 is 0 Å². The number of carbonyl (C=O) groups excluding carboxylic acids is 1. The van der Waals surface area contributed by atoms with Crippen molar-refractivity contribution in [1.29, 1.82) is 0 Å². The molecule has 1 aromatic rings. The van der Waals surface area contributed by atoms with Gasteiger partial charge in [0.25, 0.3) is 0 Å². The van der Waals surface area contributed by atoms with Crippen LogP contribution in [0.5, 0.6) is 5.75 Å². The summed E-state index contributed by atoms with van der Waals surface area (Å²) in [5, 5.41) is 0.217. The molecule has 0 bridgehead atoms. The standard InChI is InChI=1S/C13H19FO2Si/c1-4-7-13(2,3)17-16-11-6-5-10(9-15)12(14)8-11/h5-6,8-9H,4,7,17H2,1-3H3. The second kappa shape index (κ2) is 5.96. The van der Waals surface area contributed by atoms with Crippen LogP contribution in [0.3, 0.4) is 0 Å². The highest BCUT2D eigenvalue weighted by atomic mass is 28.2. The zero-order valence-electron chi connectivity index (χ0n) is 10.6. The predicted octanol–water partition coefficient (Wildman–Crippen LogP) is 3.10. The number of hydrogen-bond donors (Lipinski definition) is 0. The zero-order chi connectivity index (χ0) is 12.9. The summed E-state index contributed by atoms with van der Waals surface area (Å²) in [6.07, 6.45) is 2.76. The van der Waals surface area contributed by atoms with Crippen LogP contribution in [-0.2, 0) is 0 Å². The molecule has 17 heavy (non-hydrogen) atoms.